The smallest absolute Gasteiger partial charge is 0.0327 e. The number of likely N-dealkylation sites (tertiary alicyclic amines) is 1. The van der Waals surface area contributed by atoms with Gasteiger partial charge in [-0.2, -0.15) is 0 Å². The van der Waals surface area contributed by atoms with Gasteiger partial charge in [-0.25, -0.2) is 0 Å². The lowest BCUT2D eigenvalue weighted by molar-refractivity contribution is 0.199. The quantitative estimate of drug-likeness (QED) is 0.672. The Morgan fingerprint density at radius 2 is 2.18 bits per heavy atom. The zero-order chi connectivity index (χ0) is 12.4. The molecule has 1 unspecified atom stereocenters. The Bertz CT molecular complexity index is 370. The number of hydrogen-bond acceptors (Lipinski definition) is 2. The molecule has 1 atom stereocenters. The SMILES string of the molecule is CC(C)C1CCCN1Cc1cc(N)cc(I)c1. The molecule has 1 aliphatic rings. The molecule has 17 heavy (non-hydrogen) atoms. The Hall–Kier alpha value is -0.290. The summed E-state index contributed by atoms with van der Waals surface area (Å²) in [6.45, 7) is 6.93. The molecule has 0 amide bonds. The zero-order valence-corrected chi connectivity index (χ0v) is 12.8. The van der Waals surface area contributed by atoms with Gasteiger partial charge in [-0.05, 0) is 71.7 Å². The molecule has 1 heterocycles. The van der Waals surface area contributed by atoms with Gasteiger partial charge in [-0.15, -0.1) is 0 Å². The summed E-state index contributed by atoms with van der Waals surface area (Å²) in [5.41, 5.74) is 8.14. The van der Waals surface area contributed by atoms with Gasteiger partial charge in [0, 0.05) is 21.8 Å². The third kappa shape index (κ3) is 3.35. The monoisotopic (exact) mass is 344 g/mol. The average Bonchev–Trinajstić information content (AvgIpc) is 2.63. The molecule has 2 N–H and O–H groups in total. The second kappa shape index (κ2) is 5.57. The van der Waals surface area contributed by atoms with E-state index in [-0.39, 0.29) is 0 Å². The minimum Gasteiger partial charge on any atom is -0.399 e. The highest BCUT2D eigenvalue weighted by molar-refractivity contribution is 14.1. The Labute approximate surface area is 118 Å². The van der Waals surface area contributed by atoms with Gasteiger partial charge in [0.05, 0.1) is 0 Å². The topological polar surface area (TPSA) is 29.3 Å². The molecule has 1 saturated heterocycles. The first-order valence-electron chi connectivity index (χ1n) is 6.35. The Morgan fingerprint density at radius 1 is 1.41 bits per heavy atom. The van der Waals surface area contributed by atoms with Crippen LogP contribution in [0.5, 0.6) is 0 Å². The van der Waals surface area contributed by atoms with Gasteiger partial charge >= 0.3 is 0 Å². The largest absolute Gasteiger partial charge is 0.399 e. The number of nitrogens with two attached hydrogens (primary N) is 1. The van der Waals surface area contributed by atoms with Crippen LogP contribution in [-0.2, 0) is 6.54 Å². The van der Waals surface area contributed by atoms with E-state index in [2.05, 4.69) is 53.5 Å². The van der Waals surface area contributed by atoms with Crippen molar-refractivity contribution in [3.8, 4) is 0 Å². The molecule has 0 bridgehead atoms. The molecule has 0 radical (unpaired) electrons. The van der Waals surface area contributed by atoms with E-state index < -0.39 is 0 Å². The second-order valence-corrected chi connectivity index (χ2v) is 6.56. The van der Waals surface area contributed by atoms with Gasteiger partial charge in [0.25, 0.3) is 0 Å². The molecule has 1 aromatic rings. The fraction of sp³-hybridized carbons (Fsp3) is 0.571. The van der Waals surface area contributed by atoms with E-state index >= 15 is 0 Å². The van der Waals surface area contributed by atoms with Crippen LogP contribution in [0.3, 0.4) is 0 Å². The Balaban J connectivity index is 2.09. The van der Waals surface area contributed by atoms with E-state index in [0.29, 0.717) is 0 Å². The number of hydrogen-bond donors (Lipinski definition) is 1. The predicted octanol–water partition coefficient (Wildman–Crippen LogP) is 3.49. The zero-order valence-electron chi connectivity index (χ0n) is 10.6. The Morgan fingerprint density at radius 3 is 2.82 bits per heavy atom. The van der Waals surface area contributed by atoms with Gasteiger partial charge in [-0.1, -0.05) is 13.8 Å². The molecule has 2 rings (SSSR count). The summed E-state index contributed by atoms with van der Waals surface area (Å²) in [6, 6.07) is 7.12. The van der Waals surface area contributed by atoms with Crippen molar-refractivity contribution in [1.29, 1.82) is 0 Å². The molecule has 1 aromatic carbocycles. The highest BCUT2D eigenvalue weighted by Crippen LogP contribution is 2.26. The van der Waals surface area contributed by atoms with Crippen LogP contribution in [0.25, 0.3) is 0 Å². The molecule has 2 nitrogen and oxygen atoms in total. The van der Waals surface area contributed by atoms with Crippen LogP contribution in [-0.4, -0.2) is 17.5 Å². The summed E-state index contributed by atoms with van der Waals surface area (Å²) in [5, 5.41) is 0. The van der Waals surface area contributed by atoms with Crippen molar-refractivity contribution in [2.75, 3.05) is 12.3 Å². The Kier molecular flexibility index (Phi) is 4.31. The third-order valence-electron chi connectivity index (χ3n) is 3.55. The van der Waals surface area contributed by atoms with Crippen LogP contribution in [0.1, 0.15) is 32.3 Å². The molecule has 3 heteroatoms. The number of nitrogen functional groups attached to an aromatic ring is 1. The summed E-state index contributed by atoms with van der Waals surface area (Å²) in [7, 11) is 0. The van der Waals surface area contributed by atoms with Crippen molar-refractivity contribution < 1.29 is 0 Å². The summed E-state index contributed by atoms with van der Waals surface area (Å²) in [6.07, 6.45) is 2.68. The highest BCUT2D eigenvalue weighted by Gasteiger charge is 2.26. The van der Waals surface area contributed by atoms with E-state index in [4.69, 9.17) is 5.73 Å². The number of halogens is 1. The number of nitrogens with zero attached hydrogens (tertiary/aromatic N) is 1. The standard InChI is InChI=1S/C14H21IN2/c1-10(2)14-4-3-5-17(14)9-11-6-12(15)8-13(16)7-11/h6-8,10,14H,3-5,9,16H2,1-2H3. The van der Waals surface area contributed by atoms with E-state index in [1.807, 2.05) is 6.07 Å². The molecule has 0 aliphatic carbocycles. The maximum absolute atomic E-state index is 5.90. The van der Waals surface area contributed by atoms with Crippen molar-refractivity contribution in [3.63, 3.8) is 0 Å². The fourth-order valence-electron chi connectivity index (χ4n) is 2.80. The molecule has 0 aromatic heterocycles. The van der Waals surface area contributed by atoms with Gasteiger partial charge in [0.1, 0.15) is 0 Å². The van der Waals surface area contributed by atoms with Crippen LogP contribution in [0.15, 0.2) is 18.2 Å². The van der Waals surface area contributed by atoms with E-state index in [9.17, 15) is 0 Å². The molecule has 0 saturated carbocycles. The lowest BCUT2D eigenvalue weighted by Crippen LogP contribution is -2.32. The summed E-state index contributed by atoms with van der Waals surface area (Å²) in [4.78, 5) is 2.61. The van der Waals surface area contributed by atoms with Gasteiger partial charge < -0.3 is 5.73 Å². The van der Waals surface area contributed by atoms with Crippen molar-refractivity contribution in [2.45, 2.75) is 39.3 Å². The first kappa shape index (κ1) is 13.1. The maximum Gasteiger partial charge on any atom is 0.0327 e. The molecular formula is C14H21IN2. The lowest BCUT2D eigenvalue weighted by Gasteiger charge is -2.27. The second-order valence-electron chi connectivity index (χ2n) is 5.32. The number of anilines is 1. The van der Waals surface area contributed by atoms with Crippen LogP contribution in [0.4, 0.5) is 5.69 Å². The highest BCUT2D eigenvalue weighted by atomic mass is 127. The molecule has 0 spiro atoms. The van der Waals surface area contributed by atoms with E-state index in [1.165, 1.54) is 28.5 Å². The van der Waals surface area contributed by atoms with Gasteiger partial charge in [0.2, 0.25) is 0 Å². The van der Waals surface area contributed by atoms with Crippen LogP contribution in [0.2, 0.25) is 0 Å². The minimum absolute atomic E-state index is 0.745. The normalized spacial score (nSPS) is 21.3. The first-order valence-corrected chi connectivity index (χ1v) is 7.43. The minimum atomic E-state index is 0.745. The van der Waals surface area contributed by atoms with E-state index in [1.54, 1.807) is 0 Å². The molecule has 94 valence electrons. The van der Waals surface area contributed by atoms with Gasteiger partial charge in [-0.3, -0.25) is 4.90 Å². The number of benzene rings is 1. The predicted molar refractivity (Wildman–Crippen MR) is 81.8 cm³/mol. The molecule has 1 aliphatic heterocycles. The van der Waals surface area contributed by atoms with Crippen molar-refractivity contribution in [2.24, 2.45) is 5.92 Å². The fourth-order valence-corrected chi connectivity index (χ4v) is 3.56. The van der Waals surface area contributed by atoms with Crippen LogP contribution >= 0.6 is 22.6 Å². The third-order valence-corrected chi connectivity index (χ3v) is 4.17. The number of rotatable bonds is 3. The summed E-state index contributed by atoms with van der Waals surface area (Å²) >= 11 is 2.34. The maximum atomic E-state index is 5.90. The van der Waals surface area contributed by atoms with Crippen molar-refractivity contribution >= 4 is 28.3 Å². The van der Waals surface area contributed by atoms with E-state index in [0.717, 1.165) is 24.2 Å². The van der Waals surface area contributed by atoms with Crippen molar-refractivity contribution in [3.05, 3.63) is 27.3 Å². The van der Waals surface area contributed by atoms with Gasteiger partial charge in [0.15, 0.2) is 0 Å². The average molecular weight is 344 g/mol. The molecule has 1 fully saturated rings. The lowest BCUT2D eigenvalue weighted by atomic mass is 10.0. The van der Waals surface area contributed by atoms with Crippen molar-refractivity contribution in [1.82, 2.24) is 4.90 Å². The first-order chi connectivity index (χ1) is 8.06. The summed E-state index contributed by atoms with van der Waals surface area (Å²) in [5.74, 6) is 0.748. The molecular weight excluding hydrogens is 323 g/mol. The van der Waals surface area contributed by atoms with Crippen LogP contribution in [0, 0.1) is 9.49 Å². The summed E-state index contributed by atoms with van der Waals surface area (Å²) < 4.78 is 1.23. The van der Waals surface area contributed by atoms with Crippen LogP contribution < -0.4 is 5.73 Å².